The highest BCUT2D eigenvalue weighted by atomic mass is 16.2. The molecule has 2 amide bonds. The second-order valence-corrected chi connectivity index (χ2v) is 3.33. The SMILES string of the molecule is C=C1CN(C(C)=O)CN(C(C)=O)C1. The van der Waals surface area contributed by atoms with Gasteiger partial charge >= 0.3 is 0 Å². The third-order valence-electron chi connectivity index (χ3n) is 2.06. The van der Waals surface area contributed by atoms with Crippen molar-refractivity contribution < 1.29 is 9.59 Å². The molecule has 1 fully saturated rings. The van der Waals surface area contributed by atoms with Crippen LogP contribution < -0.4 is 0 Å². The Kier molecular flexibility index (Phi) is 2.70. The van der Waals surface area contributed by atoms with Gasteiger partial charge in [0.15, 0.2) is 0 Å². The first-order valence-corrected chi connectivity index (χ1v) is 4.18. The Labute approximate surface area is 77.8 Å². The minimum Gasteiger partial charge on any atom is -0.321 e. The van der Waals surface area contributed by atoms with Crippen molar-refractivity contribution in [1.29, 1.82) is 0 Å². The van der Waals surface area contributed by atoms with Gasteiger partial charge in [-0.2, -0.15) is 0 Å². The van der Waals surface area contributed by atoms with Gasteiger partial charge in [0, 0.05) is 26.9 Å². The quantitative estimate of drug-likeness (QED) is 0.502. The van der Waals surface area contributed by atoms with Crippen LogP contribution in [0, 0.1) is 0 Å². The van der Waals surface area contributed by atoms with Crippen molar-refractivity contribution in [3.05, 3.63) is 12.2 Å². The fourth-order valence-corrected chi connectivity index (χ4v) is 1.32. The van der Waals surface area contributed by atoms with Gasteiger partial charge in [-0.05, 0) is 5.57 Å². The maximum absolute atomic E-state index is 11.1. The average Bonchev–Trinajstić information content (AvgIpc) is 2.03. The molecule has 0 N–H and O–H groups in total. The fourth-order valence-electron chi connectivity index (χ4n) is 1.32. The van der Waals surface area contributed by atoms with Crippen molar-refractivity contribution in [1.82, 2.24) is 9.80 Å². The molecule has 1 saturated heterocycles. The lowest BCUT2D eigenvalue weighted by Gasteiger charge is -2.35. The first-order chi connectivity index (χ1) is 6.00. The molecule has 72 valence electrons. The predicted octanol–water partition coefficient (Wildman–Crippen LogP) is 0.211. The van der Waals surface area contributed by atoms with Crippen molar-refractivity contribution in [3.8, 4) is 0 Å². The Morgan fingerprint density at radius 3 is 1.85 bits per heavy atom. The minimum absolute atomic E-state index is 0.0212. The van der Waals surface area contributed by atoms with Crippen LogP contribution in [-0.4, -0.2) is 41.4 Å². The molecule has 13 heavy (non-hydrogen) atoms. The number of hydrogen-bond acceptors (Lipinski definition) is 2. The van der Waals surface area contributed by atoms with Crippen LogP contribution in [0.2, 0.25) is 0 Å². The van der Waals surface area contributed by atoms with Crippen LogP contribution in [0.3, 0.4) is 0 Å². The lowest BCUT2D eigenvalue weighted by molar-refractivity contribution is -0.138. The standard InChI is InChI=1S/C9H14N2O2/c1-7-4-10(8(2)12)6-11(5-7)9(3)13/h1,4-6H2,2-3H3. The summed E-state index contributed by atoms with van der Waals surface area (Å²) in [6.45, 7) is 8.32. The molecule has 0 spiro atoms. The van der Waals surface area contributed by atoms with Gasteiger partial charge in [0.1, 0.15) is 0 Å². The number of hydrogen-bond donors (Lipinski definition) is 0. The molecular weight excluding hydrogens is 168 g/mol. The number of carbonyl (C=O) groups excluding carboxylic acids is 2. The summed E-state index contributed by atoms with van der Waals surface area (Å²) in [6.07, 6.45) is 0. The molecule has 0 aromatic rings. The van der Waals surface area contributed by atoms with E-state index >= 15 is 0 Å². The Balaban J connectivity index is 2.68. The Morgan fingerprint density at radius 1 is 1.15 bits per heavy atom. The van der Waals surface area contributed by atoms with Gasteiger partial charge in [-0.1, -0.05) is 6.58 Å². The van der Waals surface area contributed by atoms with Gasteiger partial charge in [0.2, 0.25) is 11.8 Å². The van der Waals surface area contributed by atoms with Gasteiger partial charge in [-0.3, -0.25) is 9.59 Å². The first kappa shape index (κ1) is 9.77. The zero-order valence-corrected chi connectivity index (χ0v) is 8.04. The monoisotopic (exact) mass is 182 g/mol. The maximum atomic E-state index is 11.1. The Hall–Kier alpha value is -1.32. The molecule has 0 aliphatic carbocycles. The molecule has 1 rings (SSSR count). The highest BCUT2D eigenvalue weighted by Gasteiger charge is 2.22. The van der Waals surface area contributed by atoms with E-state index < -0.39 is 0 Å². The van der Waals surface area contributed by atoms with E-state index in [9.17, 15) is 9.59 Å². The van der Waals surface area contributed by atoms with Crippen molar-refractivity contribution in [2.24, 2.45) is 0 Å². The van der Waals surface area contributed by atoms with E-state index in [2.05, 4.69) is 6.58 Å². The van der Waals surface area contributed by atoms with Crippen LogP contribution >= 0.6 is 0 Å². The number of carbonyl (C=O) groups is 2. The van der Waals surface area contributed by atoms with Crippen LogP contribution in [-0.2, 0) is 9.59 Å². The molecular formula is C9H14N2O2. The van der Waals surface area contributed by atoms with Gasteiger partial charge in [0.25, 0.3) is 0 Å². The van der Waals surface area contributed by atoms with Crippen LogP contribution in [0.25, 0.3) is 0 Å². The lowest BCUT2D eigenvalue weighted by Crippen LogP contribution is -2.49. The number of amides is 2. The highest BCUT2D eigenvalue weighted by molar-refractivity contribution is 5.77. The summed E-state index contributed by atoms with van der Waals surface area (Å²) in [7, 11) is 0. The molecule has 0 aromatic carbocycles. The van der Waals surface area contributed by atoms with E-state index in [1.807, 2.05) is 0 Å². The van der Waals surface area contributed by atoms with Crippen LogP contribution in [0.4, 0.5) is 0 Å². The molecule has 0 bridgehead atoms. The third-order valence-corrected chi connectivity index (χ3v) is 2.06. The largest absolute Gasteiger partial charge is 0.321 e. The fraction of sp³-hybridized carbons (Fsp3) is 0.556. The number of nitrogens with zero attached hydrogens (tertiary/aromatic N) is 2. The van der Waals surface area contributed by atoms with Crippen LogP contribution in [0.1, 0.15) is 13.8 Å². The summed E-state index contributed by atoms with van der Waals surface area (Å²) < 4.78 is 0. The summed E-state index contributed by atoms with van der Waals surface area (Å²) in [6, 6.07) is 0. The second kappa shape index (κ2) is 3.60. The molecule has 0 unspecified atom stereocenters. The van der Waals surface area contributed by atoms with Crippen molar-refractivity contribution in [2.75, 3.05) is 19.8 Å². The van der Waals surface area contributed by atoms with E-state index in [4.69, 9.17) is 0 Å². The van der Waals surface area contributed by atoms with E-state index in [0.717, 1.165) is 5.57 Å². The normalized spacial score (nSPS) is 17.5. The zero-order valence-electron chi connectivity index (χ0n) is 8.04. The predicted molar refractivity (Wildman–Crippen MR) is 48.8 cm³/mol. The molecule has 0 atom stereocenters. The molecule has 1 aliphatic heterocycles. The van der Waals surface area contributed by atoms with Gasteiger partial charge in [-0.15, -0.1) is 0 Å². The lowest BCUT2D eigenvalue weighted by atomic mass is 10.2. The first-order valence-electron chi connectivity index (χ1n) is 4.18. The molecule has 1 aliphatic rings. The average molecular weight is 182 g/mol. The van der Waals surface area contributed by atoms with E-state index in [1.54, 1.807) is 9.80 Å². The van der Waals surface area contributed by atoms with Crippen LogP contribution in [0.5, 0.6) is 0 Å². The van der Waals surface area contributed by atoms with E-state index in [-0.39, 0.29) is 11.8 Å². The molecule has 4 heteroatoms. The summed E-state index contributed by atoms with van der Waals surface area (Å²) in [5, 5.41) is 0. The van der Waals surface area contributed by atoms with Gasteiger partial charge < -0.3 is 9.80 Å². The summed E-state index contributed by atoms with van der Waals surface area (Å²) in [5.74, 6) is -0.0424. The smallest absolute Gasteiger partial charge is 0.221 e. The molecule has 0 saturated carbocycles. The maximum Gasteiger partial charge on any atom is 0.221 e. The summed E-state index contributed by atoms with van der Waals surface area (Å²) in [4.78, 5) is 25.3. The summed E-state index contributed by atoms with van der Waals surface area (Å²) >= 11 is 0. The topological polar surface area (TPSA) is 40.6 Å². The van der Waals surface area contributed by atoms with Gasteiger partial charge in [0.05, 0.1) is 6.67 Å². The van der Waals surface area contributed by atoms with Gasteiger partial charge in [-0.25, -0.2) is 0 Å². The molecule has 1 heterocycles. The van der Waals surface area contributed by atoms with Crippen molar-refractivity contribution in [3.63, 3.8) is 0 Å². The summed E-state index contributed by atoms with van der Waals surface area (Å²) in [5.41, 5.74) is 0.900. The van der Waals surface area contributed by atoms with E-state index in [0.29, 0.717) is 19.8 Å². The zero-order chi connectivity index (χ0) is 10.0. The van der Waals surface area contributed by atoms with Crippen LogP contribution in [0.15, 0.2) is 12.2 Å². The molecule has 4 nitrogen and oxygen atoms in total. The van der Waals surface area contributed by atoms with Crippen molar-refractivity contribution >= 4 is 11.8 Å². The minimum atomic E-state index is -0.0212. The number of rotatable bonds is 0. The molecule has 0 radical (unpaired) electrons. The molecule has 0 aromatic heterocycles. The third kappa shape index (κ3) is 2.31. The highest BCUT2D eigenvalue weighted by Crippen LogP contribution is 2.09. The second-order valence-electron chi connectivity index (χ2n) is 3.33. The Bertz CT molecular complexity index is 236. The Morgan fingerprint density at radius 2 is 1.54 bits per heavy atom. The van der Waals surface area contributed by atoms with E-state index in [1.165, 1.54) is 13.8 Å². The van der Waals surface area contributed by atoms with Crippen molar-refractivity contribution in [2.45, 2.75) is 13.8 Å².